The molecule has 3 aromatic rings. The molecule has 0 saturated heterocycles. The van der Waals surface area contributed by atoms with Crippen molar-refractivity contribution in [2.45, 2.75) is 24.8 Å². The van der Waals surface area contributed by atoms with Crippen LogP contribution in [0.2, 0.25) is 0 Å². The Morgan fingerprint density at radius 2 is 1.44 bits per heavy atom. The molecule has 0 aliphatic carbocycles. The van der Waals surface area contributed by atoms with Crippen molar-refractivity contribution < 1.29 is 13.2 Å². The minimum absolute atomic E-state index is 0.265. The summed E-state index contributed by atoms with van der Waals surface area (Å²) in [5, 5.41) is 0. The number of hydrogen-bond donors (Lipinski definition) is 0. The lowest BCUT2D eigenvalue weighted by atomic mass is 10.0. The van der Waals surface area contributed by atoms with E-state index in [1.807, 2.05) is 44.2 Å². The largest absolute Gasteiger partial charge is 0.497 e. The van der Waals surface area contributed by atoms with Crippen molar-refractivity contribution in [3.05, 3.63) is 90.0 Å². The quantitative estimate of drug-likeness (QED) is 0.606. The van der Waals surface area contributed by atoms with E-state index < -0.39 is 10.0 Å². The molecule has 0 aliphatic heterocycles. The molecule has 0 fully saturated rings. The Hall–Kier alpha value is -2.79. The van der Waals surface area contributed by atoms with E-state index >= 15 is 0 Å². The Morgan fingerprint density at radius 3 is 2.04 bits per heavy atom. The van der Waals surface area contributed by atoms with Crippen LogP contribution in [0.25, 0.3) is 0 Å². The van der Waals surface area contributed by atoms with Gasteiger partial charge in [-0.15, -0.1) is 0 Å². The molecule has 0 aliphatic rings. The average Bonchev–Trinajstić information content (AvgIpc) is 2.69. The lowest BCUT2D eigenvalue weighted by molar-refractivity contribution is 0.415. The number of anilines is 1. The van der Waals surface area contributed by atoms with Crippen LogP contribution in [0, 0.1) is 6.92 Å². The third-order valence-corrected chi connectivity index (χ3v) is 6.53. The third kappa shape index (κ3) is 3.83. The van der Waals surface area contributed by atoms with E-state index in [-0.39, 0.29) is 10.9 Å². The zero-order valence-corrected chi connectivity index (χ0v) is 16.5. The van der Waals surface area contributed by atoms with Gasteiger partial charge in [-0.1, -0.05) is 42.5 Å². The SMILES string of the molecule is COc1ccc(N([C@H](C)c2ccccc2C)S(=O)(=O)c2ccccc2)cc1. The van der Waals surface area contributed by atoms with Crippen LogP contribution in [0.1, 0.15) is 24.1 Å². The highest BCUT2D eigenvalue weighted by molar-refractivity contribution is 7.92. The van der Waals surface area contributed by atoms with Gasteiger partial charge in [-0.25, -0.2) is 8.42 Å². The van der Waals surface area contributed by atoms with Gasteiger partial charge in [-0.05, 0) is 61.4 Å². The van der Waals surface area contributed by atoms with Crippen molar-refractivity contribution in [3.63, 3.8) is 0 Å². The normalized spacial score (nSPS) is 12.4. The topological polar surface area (TPSA) is 46.6 Å². The summed E-state index contributed by atoms with van der Waals surface area (Å²) in [5.74, 6) is 0.680. The van der Waals surface area contributed by atoms with Gasteiger partial charge < -0.3 is 4.74 Å². The highest BCUT2D eigenvalue weighted by Crippen LogP contribution is 2.35. The summed E-state index contributed by atoms with van der Waals surface area (Å²) in [5.41, 5.74) is 2.61. The van der Waals surface area contributed by atoms with Crippen molar-refractivity contribution in [1.82, 2.24) is 0 Å². The van der Waals surface area contributed by atoms with Crippen molar-refractivity contribution in [2.24, 2.45) is 0 Å². The summed E-state index contributed by atoms with van der Waals surface area (Å²) in [7, 11) is -2.16. The molecule has 0 unspecified atom stereocenters. The number of benzene rings is 3. The lowest BCUT2D eigenvalue weighted by Crippen LogP contribution is -2.34. The standard InChI is InChI=1S/C22H23NO3S/c1-17-9-7-8-12-22(17)18(2)23(19-13-15-20(26-3)16-14-19)27(24,25)21-10-5-4-6-11-21/h4-16,18H,1-3H3/t18-/m1/s1. The van der Waals surface area contributed by atoms with Crippen LogP contribution >= 0.6 is 0 Å². The number of sulfonamides is 1. The summed E-state index contributed by atoms with van der Waals surface area (Å²) in [6.45, 7) is 3.90. The number of hydrogen-bond acceptors (Lipinski definition) is 3. The molecule has 0 heterocycles. The molecule has 0 saturated carbocycles. The van der Waals surface area contributed by atoms with Gasteiger partial charge in [0.15, 0.2) is 0 Å². The van der Waals surface area contributed by atoms with Crippen LogP contribution < -0.4 is 9.04 Å². The highest BCUT2D eigenvalue weighted by Gasteiger charge is 2.30. The fraction of sp³-hybridized carbons (Fsp3) is 0.182. The van der Waals surface area contributed by atoms with Crippen LogP contribution in [-0.2, 0) is 10.0 Å². The summed E-state index contributed by atoms with van der Waals surface area (Å²) < 4.78 is 33.7. The second kappa shape index (κ2) is 7.84. The van der Waals surface area contributed by atoms with Gasteiger partial charge in [-0.2, -0.15) is 0 Å². The first-order chi connectivity index (χ1) is 12.9. The molecule has 1 atom stereocenters. The zero-order chi connectivity index (χ0) is 19.4. The maximum absolute atomic E-state index is 13.5. The minimum Gasteiger partial charge on any atom is -0.497 e. The Kier molecular flexibility index (Phi) is 5.51. The maximum Gasteiger partial charge on any atom is 0.264 e. The molecule has 140 valence electrons. The molecule has 0 radical (unpaired) electrons. The predicted molar refractivity (Wildman–Crippen MR) is 109 cm³/mol. The van der Waals surface area contributed by atoms with Crippen LogP contribution in [0.5, 0.6) is 5.75 Å². The van der Waals surface area contributed by atoms with Gasteiger partial charge in [0.1, 0.15) is 5.75 Å². The zero-order valence-electron chi connectivity index (χ0n) is 15.7. The van der Waals surface area contributed by atoms with E-state index in [9.17, 15) is 8.42 Å². The Bertz CT molecular complexity index is 999. The first-order valence-corrected chi connectivity index (χ1v) is 10.2. The molecule has 5 heteroatoms. The van der Waals surface area contributed by atoms with Crippen LogP contribution in [0.15, 0.2) is 83.8 Å². The molecule has 3 rings (SSSR count). The second-order valence-corrected chi connectivity index (χ2v) is 8.16. The van der Waals surface area contributed by atoms with Gasteiger partial charge in [0, 0.05) is 0 Å². The van der Waals surface area contributed by atoms with E-state index in [0.29, 0.717) is 11.4 Å². The van der Waals surface area contributed by atoms with Crippen molar-refractivity contribution in [1.29, 1.82) is 0 Å². The first kappa shape index (κ1) is 19.0. The second-order valence-electron chi connectivity index (χ2n) is 6.34. The van der Waals surface area contributed by atoms with Crippen LogP contribution in [-0.4, -0.2) is 15.5 Å². The molecule has 0 N–H and O–H groups in total. The van der Waals surface area contributed by atoms with Crippen molar-refractivity contribution >= 4 is 15.7 Å². The fourth-order valence-electron chi connectivity index (χ4n) is 3.19. The van der Waals surface area contributed by atoms with Gasteiger partial charge in [-0.3, -0.25) is 4.31 Å². The molecular formula is C22H23NO3S. The monoisotopic (exact) mass is 381 g/mol. The summed E-state index contributed by atoms with van der Waals surface area (Å²) in [6.07, 6.45) is 0. The first-order valence-electron chi connectivity index (χ1n) is 8.74. The van der Waals surface area contributed by atoms with Gasteiger partial charge in [0.05, 0.1) is 23.7 Å². The molecule has 0 amide bonds. The molecule has 0 spiro atoms. The van der Waals surface area contributed by atoms with Gasteiger partial charge >= 0.3 is 0 Å². The van der Waals surface area contributed by atoms with Crippen molar-refractivity contribution in [2.75, 3.05) is 11.4 Å². The molecule has 3 aromatic carbocycles. The highest BCUT2D eigenvalue weighted by atomic mass is 32.2. The summed E-state index contributed by atoms with van der Waals surface area (Å²) in [4.78, 5) is 0.265. The van der Waals surface area contributed by atoms with E-state index in [0.717, 1.165) is 11.1 Å². The summed E-state index contributed by atoms with van der Waals surface area (Å²) >= 11 is 0. The van der Waals surface area contributed by atoms with E-state index in [1.165, 1.54) is 4.31 Å². The van der Waals surface area contributed by atoms with Gasteiger partial charge in [0.2, 0.25) is 0 Å². The average molecular weight is 381 g/mol. The molecule has 0 aromatic heterocycles. The van der Waals surface area contributed by atoms with E-state index in [1.54, 1.807) is 55.6 Å². The summed E-state index contributed by atoms with van der Waals surface area (Å²) in [6, 6.07) is 23.1. The molecule has 0 bridgehead atoms. The number of rotatable bonds is 6. The number of methoxy groups -OCH3 is 1. The Balaban J connectivity index is 2.15. The molecule has 4 nitrogen and oxygen atoms in total. The van der Waals surface area contributed by atoms with E-state index in [4.69, 9.17) is 4.74 Å². The smallest absolute Gasteiger partial charge is 0.264 e. The van der Waals surface area contributed by atoms with E-state index in [2.05, 4.69) is 0 Å². The van der Waals surface area contributed by atoms with Crippen LogP contribution in [0.3, 0.4) is 0 Å². The van der Waals surface area contributed by atoms with Crippen molar-refractivity contribution in [3.8, 4) is 5.75 Å². The number of nitrogens with zero attached hydrogens (tertiary/aromatic N) is 1. The molecular weight excluding hydrogens is 358 g/mol. The number of ether oxygens (including phenoxy) is 1. The van der Waals surface area contributed by atoms with Crippen LogP contribution in [0.4, 0.5) is 5.69 Å². The lowest BCUT2D eigenvalue weighted by Gasteiger charge is -2.31. The number of aryl methyl sites for hydroxylation is 1. The predicted octanol–water partition coefficient (Wildman–Crippen LogP) is 4.96. The molecule has 27 heavy (non-hydrogen) atoms. The fourth-order valence-corrected chi connectivity index (χ4v) is 4.84. The third-order valence-electron chi connectivity index (χ3n) is 4.62. The Labute approximate surface area is 161 Å². The maximum atomic E-state index is 13.5. The van der Waals surface area contributed by atoms with Gasteiger partial charge in [0.25, 0.3) is 10.0 Å². The minimum atomic E-state index is -3.75. The Morgan fingerprint density at radius 1 is 0.852 bits per heavy atom.